The average Bonchev–Trinajstić information content (AvgIpc) is 3.26. The van der Waals surface area contributed by atoms with Gasteiger partial charge in [0.05, 0.1) is 0 Å². The van der Waals surface area contributed by atoms with E-state index in [1.807, 2.05) is 18.5 Å². The maximum Gasteiger partial charge on any atom is 0.220 e. The van der Waals surface area contributed by atoms with Crippen LogP contribution in [0.15, 0.2) is 42.7 Å². The molecule has 0 atom stereocenters. The third-order valence-corrected chi connectivity index (χ3v) is 4.92. The molecule has 128 valence electrons. The summed E-state index contributed by atoms with van der Waals surface area (Å²) in [4.78, 5) is 16.4. The molecule has 0 spiro atoms. The summed E-state index contributed by atoms with van der Waals surface area (Å²) in [6.07, 6.45) is 11.6. The van der Waals surface area contributed by atoms with Crippen molar-refractivity contribution in [3.8, 4) is 0 Å². The van der Waals surface area contributed by atoms with E-state index < -0.39 is 0 Å². The number of hydrogen-bond acceptors (Lipinski definition) is 2. The van der Waals surface area contributed by atoms with Crippen LogP contribution in [0.2, 0.25) is 0 Å². The zero-order valence-corrected chi connectivity index (χ0v) is 14.3. The fourth-order valence-electron chi connectivity index (χ4n) is 3.53. The molecule has 3 rings (SSSR count). The van der Waals surface area contributed by atoms with Gasteiger partial charge in [0, 0.05) is 38.3 Å². The Morgan fingerprint density at radius 2 is 2.00 bits per heavy atom. The van der Waals surface area contributed by atoms with E-state index in [9.17, 15) is 4.79 Å². The number of benzene rings is 1. The summed E-state index contributed by atoms with van der Waals surface area (Å²) in [6, 6.07) is 10.4. The Labute approximate surface area is 144 Å². The smallest absolute Gasteiger partial charge is 0.220 e. The van der Waals surface area contributed by atoms with Gasteiger partial charge in [-0.05, 0) is 17.9 Å². The van der Waals surface area contributed by atoms with Gasteiger partial charge in [-0.15, -0.1) is 0 Å². The van der Waals surface area contributed by atoms with E-state index in [2.05, 4.69) is 39.1 Å². The zero-order valence-electron chi connectivity index (χ0n) is 14.3. The number of amides is 1. The van der Waals surface area contributed by atoms with E-state index in [0.29, 0.717) is 13.0 Å². The minimum Gasteiger partial charge on any atom is -0.356 e. The van der Waals surface area contributed by atoms with Crippen molar-refractivity contribution in [3.05, 3.63) is 54.1 Å². The Hall–Kier alpha value is -2.10. The molecule has 1 amide bonds. The molecule has 1 aromatic heterocycles. The maximum atomic E-state index is 12.0. The summed E-state index contributed by atoms with van der Waals surface area (Å²) >= 11 is 0. The molecule has 1 saturated carbocycles. The van der Waals surface area contributed by atoms with E-state index in [0.717, 1.165) is 31.1 Å². The predicted octanol–water partition coefficient (Wildman–Crippen LogP) is 3.56. The Morgan fingerprint density at radius 3 is 2.79 bits per heavy atom. The fourth-order valence-corrected chi connectivity index (χ4v) is 3.53. The minimum absolute atomic E-state index is 0.183. The predicted molar refractivity (Wildman–Crippen MR) is 95.7 cm³/mol. The molecule has 1 aromatic carbocycles. The van der Waals surface area contributed by atoms with Gasteiger partial charge in [-0.1, -0.05) is 56.0 Å². The van der Waals surface area contributed by atoms with Crippen molar-refractivity contribution < 1.29 is 4.79 Å². The van der Waals surface area contributed by atoms with E-state index in [1.54, 1.807) is 0 Å². The summed E-state index contributed by atoms with van der Waals surface area (Å²) in [6.45, 7) is 1.49. The molecular weight excluding hydrogens is 298 g/mol. The quantitative estimate of drug-likeness (QED) is 0.806. The summed E-state index contributed by atoms with van der Waals surface area (Å²) < 4.78 is 2.15. The van der Waals surface area contributed by atoms with Gasteiger partial charge in [-0.2, -0.15) is 0 Å². The molecule has 2 aromatic rings. The van der Waals surface area contributed by atoms with Crippen LogP contribution < -0.4 is 5.32 Å². The van der Waals surface area contributed by atoms with Crippen LogP contribution in [0.4, 0.5) is 0 Å². The first-order chi connectivity index (χ1) is 11.8. The van der Waals surface area contributed by atoms with E-state index in [1.165, 1.54) is 31.2 Å². The number of carbonyl (C=O) groups is 1. The van der Waals surface area contributed by atoms with Crippen LogP contribution in [0, 0.1) is 5.92 Å². The monoisotopic (exact) mass is 325 g/mol. The van der Waals surface area contributed by atoms with Crippen LogP contribution in [-0.2, 0) is 17.8 Å². The summed E-state index contributed by atoms with van der Waals surface area (Å²) in [5.74, 6) is 1.98. The molecule has 1 aliphatic rings. The highest BCUT2D eigenvalue weighted by Crippen LogP contribution is 2.28. The molecule has 1 heterocycles. The second-order valence-corrected chi connectivity index (χ2v) is 6.75. The van der Waals surface area contributed by atoms with Crippen molar-refractivity contribution >= 4 is 5.91 Å². The number of rotatable bonds is 8. The molecule has 0 bridgehead atoms. The lowest BCUT2D eigenvalue weighted by Gasteiger charge is -2.10. The molecule has 24 heavy (non-hydrogen) atoms. The topological polar surface area (TPSA) is 46.9 Å². The van der Waals surface area contributed by atoms with Gasteiger partial charge in [0.15, 0.2) is 0 Å². The molecule has 4 heteroatoms. The first kappa shape index (κ1) is 16.7. The van der Waals surface area contributed by atoms with Crippen molar-refractivity contribution in [1.82, 2.24) is 14.9 Å². The second kappa shape index (κ2) is 8.67. The lowest BCUT2D eigenvalue weighted by atomic mass is 10.0. The maximum absolute atomic E-state index is 12.0. The van der Waals surface area contributed by atoms with E-state index >= 15 is 0 Å². The molecule has 1 fully saturated rings. The van der Waals surface area contributed by atoms with Crippen LogP contribution in [0.25, 0.3) is 0 Å². The van der Waals surface area contributed by atoms with Gasteiger partial charge < -0.3 is 9.88 Å². The van der Waals surface area contributed by atoms with Crippen LogP contribution in [0.5, 0.6) is 0 Å². The lowest BCUT2D eigenvalue weighted by Crippen LogP contribution is -2.26. The number of nitrogens with one attached hydrogen (secondary N) is 1. The number of nitrogens with zero attached hydrogens (tertiary/aromatic N) is 2. The normalized spacial score (nSPS) is 14.8. The molecule has 1 N–H and O–H groups in total. The number of hydrogen-bond donors (Lipinski definition) is 1. The number of imidazole rings is 1. The Balaban J connectivity index is 1.40. The molecular formula is C20H27N3O. The lowest BCUT2D eigenvalue weighted by molar-refractivity contribution is -0.121. The third-order valence-electron chi connectivity index (χ3n) is 4.92. The SMILES string of the molecule is O=C(CCC1CCCC1)NCCc1nccn1Cc1ccccc1. The van der Waals surface area contributed by atoms with Crippen LogP contribution in [0.3, 0.4) is 0 Å². The molecule has 4 nitrogen and oxygen atoms in total. The summed E-state index contributed by atoms with van der Waals surface area (Å²) in [7, 11) is 0. The van der Waals surface area contributed by atoms with Gasteiger partial charge in [0.2, 0.25) is 5.91 Å². The first-order valence-corrected chi connectivity index (χ1v) is 9.12. The van der Waals surface area contributed by atoms with Crippen LogP contribution in [0.1, 0.15) is 49.9 Å². The van der Waals surface area contributed by atoms with Crippen LogP contribution >= 0.6 is 0 Å². The van der Waals surface area contributed by atoms with Gasteiger partial charge in [0.25, 0.3) is 0 Å². The van der Waals surface area contributed by atoms with E-state index in [-0.39, 0.29) is 5.91 Å². The standard InChI is InChI=1S/C20H27N3O/c24-20(11-10-17-6-4-5-7-17)22-13-12-19-21-14-15-23(19)16-18-8-2-1-3-9-18/h1-3,8-9,14-15,17H,4-7,10-13,16H2,(H,22,24). The highest BCUT2D eigenvalue weighted by Gasteiger charge is 2.16. The van der Waals surface area contributed by atoms with Crippen LogP contribution in [-0.4, -0.2) is 22.0 Å². The van der Waals surface area contributed by atoms with Crippen molar-refractivity contribution in [1.29, 1.82) is 0 Å². The van der Waals surface area contributed by atoms with E-state index in [4.69, 9.17) is 0 Å². The van der Waals surface area contributed by atoms with Crippen molar-refractivity contribution in [3.63, 3.8) is 0 Å². The Morgan fingerprint density at radius 1 is 1.21 bits per heavy atom. The van der Waals surface area contributed by atoms with Gasteiger partial charge in [-0.25, -0.2) is 4.98 Å². The molecule has 0 aliphatic heterocycles. The summed E-state index contributed by atoms with van der Waals surface area (Å²) in [5.41, 5.74) is 1.26. The third kappa shape index (κ3) is 4.95. The molecule has 1 aliphatic carbocycles. The number of aromatic nitrogens is 2. The highest BCUT2D eigenvalue weighted by atomic mass is 16.1. The zero-order chi connectivity index (χ0) is 16.6. The Kier molecular flexibility index (Phi) is 6.05. The second-order valence-electron chi connectivity index (χ2n) is 6.75. The van der Waals surface area contributed by atoms with Gasteiger partial charge >= 0.3 is 0 Å². The van der Waals surface area contributed by atoms with Crippen molar-refractivity contribution in [2.45, 2.75) is 51.5 Å². The first-order valence-electron chi connectivity index (χ1n) is 9.12. The Bertz CT molecular complexity index is 629. The van der Waals surface area contributed by atoms with Gasteiger partial charge in [-0.3, -0.25) is 4.79 Å². The van der Waals surface area contributed by atoms with Gasteiger partial charge in [0.1, 0.15) is 5.82 Å². The van der Waals surface area contributed by atoms with Crippen molar-refractivity contribution in [2.24, 2.45) is 5.92 Å². The van der Waals surface area contributed by atoms with Crippen molar-refractivity contribution in [2.75, 3.05) is 6.54 Å². The summed E-state index contributed by atoms with van der Waals surface area (Å²) in [5, 5.41) is 3.04. The molecule has 0 radical (unpaired) electrons. The fraction of sp³-hybridized carbons (Fsp3) is 0.500. The minimum atomic E-state index is 0.183. The molecule has 0 unspecified atom stereocenters. The average molecular weight is 325 g/mol. The highest BCUT2D eigenvalue weighted by molar-refractivity contribution is 5.75. The number of carbonyl (C=O) groups excluding carboxylic acids is 1. The molecule has 0 saturated heterocycles. The largest absolute Gasteiger partial charge is 0.356 e.